The van der Waals surface area contributed by atoms with Crippen LogP contribution in [0.15, 0.2) is 42.6 Å². The Morgan fingerprint density at radius 2 is 2.00 bits per heavy atom. The molecule has 0 radical (unpaired) electrons. The molecule has 6 nitrogen and oxygen atoms in total. The van der Waals surface area contributed by atoms with E-state index < -0.39 is 0 Å². The molecule has 7 heteroatoms. The van der Waals surface area contributed by atoms with Gasteiger partial charge in [-0.15, -0.1) is 10.2 Å². The fourth-order valence-electron chi connectivity index (χ4n) is 2.41. The fraction of sp³-hybridized carbons (Fsp3) is 0.235. The first-order chi connectivity index (χ1) is 11.6. The third-order valence-electron chi connectivity index (χ3n) is 3.63. The van der Waals surface area contributed by atoms with Crippen molar-refractivity contribution in [2.24, 2.45) is 0 Å². The SMILES string of the molecule is COc1ccc(F)cc1[C@@H](C)Nc1ccc(-n2ccc(C)n2)nn1. The summed E-state index contributed by atoms with van der Waals surface area (Å²) >= 11 is 0. The van der Waals surface area contributed by atoms with Crippen molar-refractivity contribution in [1.82, 2.24) is 20.0 Å². The minimum absolute atomic E-state index is 0.192. The highest BCUT2D eigenvalue weighted by Gasteiger charge is 2.13. The van der Waals surface area contributed by atoms with Gasteiger partial charge in [0.05, 0.1) is 18.8 Å². The van der Waals surface area contributed by atoms with Gasteiger partial charge in [-0.3, -0.25) is 0 Å². The van der Waals surface area contributed by atoms with Crippen molar-refractivity contribution in [3.63, 3.8) is 0 Å². The Morgan fingerprint density at radius 3 is 2.62 bits per heavy atom. The van der Waals surface area contributed by atoms with Gasteiger partial charge in [-0.25, -0.2) is 9.07 Å². The van der Waals surface area contributed by atoms with Gasteiger partial charge in [0.15, 0.2) is 5.82 Å². The Bertz CT molecular complexity index is 831. The number of hydrogen-bond acceptors (Lipinski definition) is 5. The fourth-order valence-corrected chi connectivity index (χ4v) is 2.41. The van der Waals surface area contributed by atoms with Gasteiger partial charge >= 0.3 is 0 Å². The Hall–Kier alpha value is -2.96. The number of anilines is 1. The predicted molar refractivity (Wildman–Crippen MR) is 88.9 cm³/mol. The summed E-state index contributed by atoms with van der Waals surface area (Å²) in [5.74, 6) is 1.52. The van der Waals surface area contributed by atoms with E-state index >= 15 is 0 Å². The molecule has 2 aromatic heterocycles. The number of aryl methyl sites for hydroxylation is 1. The number of methoxy groups -OCH3 is 1. The number of benzene rings is 1. The third kappa shape index (κ3) is 3.34. The van der Waals surface area contributed by atoms with Crippen LogP contribution in [0.5, 0.6) is 5.75 Å². The summed E-state index contributed by atoms with van der Waals surface area (Å²) in [6, 6.07) is 9.76. The van der Waals surface area contributed by atoms with Crippen molar-refractivity contribution in [2.75, 3.05) is 12.4 Å². The number of rotatable bonds is 5. The van der Waals surface area contributed by atoms with Crippen molar-refractivity contribution in [2.45, 2.75) is 19.9 Å². The zero-order chi connectivity index (χ0) is 17.1. The zero-order valence-electron chi connectivity index (χ0n) is 13.7. The van der Waals surface area contributed by atoms with Gasteiger partial charge in [-0.2, -0.15) is 5.10 Å². The van der Waals surface area contributed by atoms with Gasteiger partial charge < -0.3 is 10.1 Å². The average molecular weight is 327 g/mol. The predicted octanol–water partition coefficient (Wildman–Crippen LogP) is 3.29. The van der Waals surface area contributed by atoms with Gasteiger partial charge in [0, 0.05) is 11.8 Å². The molecule has 0 saturated heterocycles. The quantitative estimate of drug-likeness (QED) is 0.779. The van der Waals surface area contributed by atoms with Crippen LogP contribution in [0.4, 0.5) is 10.2 Å². The highest BCUT2D eigenvalue weighted by Crippen LogP contribution is 2.28. The van der Waals surface area contributed by atoms with Crippen molar-refractivity contribution >= 4 is 5.82 Å². The Kier molecular flexibility index (Phi) is 4.41. The first-order valence-corrected chi connectivity index (χ1v) is 7.53. The van der Waals surface area contributed by atoms with Gasteiger partial charge in [-0.05, 0) is 50.2 Å². The summed E-state index contributed by atoms with van der Waals surface area (Å²) in [6.07, 6.45) is 1.83. The second kappa shape index (κ2) is 6.66. The summed E-state index contributed by atoms with van der Waals surface area (Å²) in [5.41, 5.74) is 1.62. The van der Waals surface area contributed by atoms with Crippen LogP contribution >= 0.6 is 0 Å². The molecule has 0 spiro atoms. The van der Waals surface area contributed by atoms with Crippen LogP contribution in [0.3, 0.4) is 0 Å². The molecule has 1 atom stereocenters. The van der Waals surface area contributed by atoms with Crippen LogP contribution in [0.1, 0.15) is 24.2 Å². The summed E-state index contributed by atoms with van der Waals surface area (Å²) in [7, 11) is 1.56. The molecule has 0 saturated carbocycles. The van der Waals surface area contributed by atoms with Crippen LogP contribution in [-0.4, -0.2) is 27.1 Å². The van der Waals surface area contributed by atoms with Crippen LogP contribution in [0.2, 0.25) is 0 Å². The number of halogens is 1. The lowest BCUT2D eigenvalue weighted by Gasteiger charge is -2.17. The lowest BCUT2D eigenvalue weighted by Crippen LogP contribution is -2.11. The maximum absolute atomic E-state index is 13.5. The zero-order valence-corrected chi connectivity index (χ0v) is 13.7. The monoisotopic (exact) mass is 327 g/mol. The molecule has 0 aliphatic heterocycles. The number of ether oxygens (including phenoxy) is 1. The first kappa shape index (κ1) is 15.9. The minimum atomic E-state index is -0.310. The van der Waals surface area contributed by atoms with Gasteiger partial charge in [0.1, 0.15) is 17.4 Å². The molecule has 0 amide bonds. The first-order valence-electron chi connectivity index (χ1n) is 7.53. The topological polar surface area (TPSA) is 64.9 Å². The average Bonchev–Trinajstić information content (AvgIpc) is 3.02. The number of hydrogen-bond donors (Lipinski definition) is 1. The third-order valence-corrected chi connectivity index (χ3v) is 3.63. The largest absolute Gasteiger partial charge is 0.496 e. The van der Waals surface area contributed by atoms with E-state index in [4.69, 9.17) is 4.74 Å². The molecule has 2 heterocycles. The van der Waals surface area contributed by atoms with Crippen molar-refractivity contribution in [3.8, 4) is 11.6 Å². The Labute approximate surface area is 139 Å². The summed E-state index contributed by atoms with van der Waals surface area (Å²) in [4.78, 5) is 0. The van der Waals surface area contributed by atoms with Gasteiger partial charge in [0.2, 0.25) is 0 Å². The lowest BCUT2D eigenvalue weighted by molar-refractivity contribution is 0.406. The van der Waals surface area contributed by atoms with Crippen LogP contribution in [0, 0.1) is 12.7 Å². The van der Waals surface area contributed by atoms with Crippen LogP contribution in [-0.2, 0) is 0 Å². The molecule has 0 unspecified atom stereocenters. The van der Waals surface area contributed by atoms with E-state index in [2.05, 4.69) is 20.6 Å². The van der Waals surface area contributed by atoms with E-state index in [0.29, 0.717) is 22.9 Å². The molecular weight excluding hydrogens is 309 g/mol. The summed E-state index contributed by atoms with van der Waals surface area (Å²) in [6.45, 7) is 3.82. The normalized spacial score (nSPS) is 12.0. The van der Waals surface area contributed by atoms with E-state index in [0.717, 1.165) is 5.69 Å². The number of aromatic nitrogens is 4. The van der Waals surface area contributed by atoms with Crippen molar-refractivity contribution in [1.29, 1.82) is 0 Å². The molecule has 0 aliphatic carbocycles. The second-order valence-electron chi connectivity index (χ2n) is 5.43. The highest BCUT2D eigenvalue weighted by molar-refractivity contribution is 5.43. The van der Waals surface area contributed by atoms with Crippen molar-refractivity contribution < 1.29 is 9.13 Å². The van der Waals surface area contributed by atoms with E-state index in [1.807, 2.05) is 38.2 Å². The molecule has 124 valence electrons. The summed E-state index contributed by atoms with van der Waals surface area (Å²) < 4.78 is 20.4. The van der Waals surface area contributed by atoms with E-state index in [9.17, 15) is 4.39 Å². The Balaban J connectivity index is 1.77. The molecule has 0 aliphatic rings. The molecule has 1 N–H and O–H groups in total. The van der Waals surface area contributed by atoms with E-state index in [-0.39, 0.29) is 11.9 Å². The van der Waals surface area contributed by atoms with Gasteiger partial charge in [0.25, 0.3) is 0 Å². The highest BCUT2D eigenvalue weighted by atomic mass is 19.1. The maximum Gasteiger partial charge on any atom is 0.175 e. The molecular formula is C17H18FN5O. The smallest absolute Gasteiger partial charge is 0.175 e. The van der Waals surface area contributed by atoms with Crippen LogP contribution in [0.25, 0.3) is 5.82 Å². The van der Waals surface area contributed by atoms with Crippen molar-refractivity contribution in [3.05, 3.63) is 59.7 Å². The number of nitrogens with zero attached hydrogens (tertiary/aromatic N) is 4. The minimum Gasteiger partial charge on any atom is -0.496 e. The van der Waals surface area contributed by atoms with Gasteiger partial charge in [-0.1, -0.05) is 0 Å². The molecule has 1 aromatic carbocycles. The van der Waals surface area contributed by atoms with Crippen LogP contribution < -0.4 is 10.1 Å². The molecule has 0 fully saturated rings. The molecule has 3 rings (SSSR count). The molecule has 0 bridgehead atoms. The molecule has 3 aromatic rings. The lowest BCUT2D eigenvalue weighted by atomic mass is 10.1. The Morgan fingerprint density at radius 1 is 1.17 bits per heavy atom. The molecule has 24 heavy (non-hydrogen) atoms. The standard InChI is InChI=1S/C17H18FN5O/c1-11-8-9-23(22-11)17-7-6-16(20-21-17)19-12(2)14-10-13(18)4-5-15(14)24-3/h4-10,12H,1-3H3,(H,19,20)/t12-/m1/s1. The van der Waals surface area contributed by atoms with E-state index in [1.54, 1.807) is 17.9 Å². The van der Waals surface area contributed by atoms with E-state index in [1.165, 1.54) is 12.1 Å². The summed E-state index contributed by atoms with van der Waals surface area (Å²) in [5, 5.41) is 15.8. The number of nitrogens with one attached hydrogen (secondary N) is 1. The maximum atomic E-state index is 13.5. The second-order valence-corrected chi connectivity index (χ2v) is 5.43.